The Balaban J connectivity index is 4.96. The van der Waals surface area contributed by atoms with Crippen molar-refractivity contribution in [1.82, 2.24) is 4.90 Å². The number of nitrogens with two attached hydrogens (primary N) is 1. The Morgan fingerprint density at radius 2 is 1.94 bits per heavy atom. The lowest BCUT2D eigenvalue weighted by Gasteiger charge is -2.35. The molecule has 0 aliphatic rings. The number of nitrogens with zero attached hydrogens (tertiary/aromatic N) is 2. The van der Waals surface area contributed by atoms with Crippen molar-refractivity contribution in [2.45, 2.75) is 47.0 Å². The van der Waals surface area contributed by atoms with E-state index in [0.717, 1.165) is 12.8 Å². The van der Waals surface area contributed by atoms with E-state index in [1.54, 1.807) is 0 Å². The van der Waals surface area contributed by atoms with E-state index in [4.69, 9.17) is 11.0 Å². The van der Waals surface area contributed by atoms with Crippen LogP contribution < -0.4 is 5.73 Å². The maximum Gasteiger partial charge on any atom is 0.230 e. The van der Waals surface area contributed by atoms with Crippen molar-refractivity contribution in [3.63, 3.8) is 0 Å². The SMILES string of the molecule is CCC(CC)(CN)C(=O)N(CCC#N)CC(C)C. The lowest BCUT2D eigenvalue weighted by atomic mass is 9.80. The van der Waals surface area contributed by atoms with Gasteiger partial charge in [-0.05, 0) is 18.8 Å². The fraction of sp³-hybridized carbons (Fsp3) is 0.857. The van der Waals surface area contributed by atoms with Crippen molar-refractivity contribution in [1.29, 1.82) is 5.26 Å². The molecule has 0 heterocycles. The zero-order chi connectivity index (χ0) is 14.2. The molecule has 1 amide bonds. The molecular weight excluding hydrogens is 226 g/mol. The van der Waals surface area contributed by atoms with E-state index in [1.165, 1.54) is 0 Å². The Morgan fingerprint density at radius 3 is 2.28 bits per heavy atom. The van der Waals surface area contributed by atoms with Gasteiger partial charge in [0.1, 0.15) is 0 Å². The van der Waals surface area contributed by atoms with Gasteiger partial charge in [-0.1, -0.05) is 27.7 Å². The normalized spacial score (nSPS) is 11.4. The fourth-order valence-electron chi connectivity index (χ4n) is 2.17. The molecule has 0 aliphatic heterocycles. The molecule has 0 rings (SSSR count). The van der Waals surface area contributed by atoms with Gasteiger partial charge in [0.2, 0.25) is 5.91 Å². The first-order valence-corrected chi connectivity index (χ1v) is 6.83. The largest absolute Gasteiger partial charge is 0.341 e. The van der Waals surface area contributed by atoms with Crippen LogP contribution in [0.1, 0.15) is 47.0 Å². The van der Waals surface area contributed by atoms with Gasteiger partial charge >= 0.3 is 0 Å². The summed E-state index contributed by atoms with van der Waals surface area (Å²) in [5.74, 6) is 0.510. The van der Waals surface area contributed by atoms with Gasteiger partial charge in [-0.25, -0.2) is 0 Å². The topological polar surface area (TPSA) is 70.1 Å². The van der Waals surface area contributed by atoms with Gasteiger partial charge in [-0.15, -0.1) is 0 Å². The Kier molecular flexibility index (Phi) is 7.61. The number of hydrogen-bond donors (Lipinski definition) is 1. The number of nitriles is 1. The van der Waals surface area contributed by atoms with Gasteiger partial charge in [-0.3, -0.25) is 4.79 Å². The van der Waals surface area contributed by atoms with Gasteiger partial charge in [0, 0.05) is 19.6 Å². The predicted octanol–water partition coefficient (Wildman–Crippen LogP) is 2.15. The summed E-state index contributed by atoms with van der Waals surface area (Å²) >= 11 is 0. The lowest BCUT2D eigenvalue weighted by Crippen LogP contribution is -2.49. The second kappa shape index (κ2) is 8.10. The summed E-state index contributed by atoms with van der Waals surface area (Å²) in [6.45, 7) is 9.75. The quantitative estimate of drug-likeness (QED) is 0.720. The first-order chi connectivity index (χ1) is 8.47. The number of rotatable bonds is 8. The van der Waals surface area contributed by atoms with Gasteiger partial charge in [-0.2, -0.15) is 5.26 Å². The van der Waals surface area contributed by atoms with Crippen LogP contribution in [0, 0.1) is 22.7 Å². The average molecular weight is 253 g/mol. The van der Waals surface area contributed by atoms with Crippen LogP contribution in [0.2, 0.25) is 0 Å². The zero-order valence-corrected chi connectivity index (χ0v) is 12.2. The first-order valence-electron chi connectivity index (χ1n) is 6.83. The lowest BCUT2D eigenvalue weighted by molar-refractivity contribution is -0.142. The Morgan fingerprint density at radius 1 is 1.39 bits per heavy atom. The zero-order valence-electron chi connectivity index (χ0n) is 12.2. The molecule has 0 aromatic carbocycles. The van der Waals surface area contributed by atoms with E-state index in [2.05, 4.69) is 19.9 Å². The van der Waals surface area contributed by atoms with Crippen LogP contribution in [0.15, 0.2) is 0 Å². The first kappa shape index (κ1) is 16.9. The fourth-order valence-corrected chi connectivity index (χ4v) is 2.17. The third-order valence-electron chi connectivity index (χ3n) is 3.56. The molecule has 0 spiro atoms. The van der Waals surface area contributed by atoms with Crippen LogP contribution in [-0.4, -0.2) is 30.4 Å². The molecule has 0 atom stereocenters. The summed E-state index contributed by atoms with van der Waals surface area (Å²) in [5, 5.41) is 8.69. The summed E-state index contributed by atoms with van der Waals surface area (Å²) in [5.41, 5.74) is 5.36. The van der Waals surface area contributed by atoms with Crippen molar-refractivity contribution < 1.29 is 4.79 Å². The summed E-state index contributed by atoms with van der Waals surface area (Å²) in [6.07, 6.45) is 1.88. The van der Waals surface area contributed by atoms with E-state index in [1.807, 2.05) is 18.7 Å². The summed E-state index contributed by atoms with van der Waals surface area (Å²) in [4.78, 5) is 14.4. The van der Waals surface area contributed by atoms with Gasteiger partial charge in [0.25, 0.3) is 0 Å². The highest BCUT2D eigenvalue weighted by Crippen LogP contribution is 2.28. The van der Waals surface area contributed by atoms with Crippen molar-refractivity contribution >= 4 is 5.91 Å². The van der Waals surface area contributed by atoms with Crippen molar-refractivity contribution in [3.8, 4) is 6.07 Å². The van der Waals surface area contributed by atoms with Crippen LogP contribution in [0.5, 0.6) is 0 Å². The molecule has 0 bridgehead atoms. The molecule has 0 aromatic rings. The highest BCUT2D eigenvalue weighted by atomic mass is 16.2. The molecule has 0 unspecified atom stereocenters. The number of carbonyl (C=O) groups excluding carboxylic acids is 1. The highest BCUT2D eigenvalue weighted by molar-refractivity contribution is 5.83. The molecule has 0 saturated carbocycles. The highest BCUT2D eigenvalue weighted by Gasteiger charge is 2.36. The second-order valence-electron chi connectivity index (χ2n) is 5.24. The predicted molar refractivity (Wildman–Crippen MR) is 73.7 cm³/mol. The molecular formula is C14H27N3O. The van der Waals surface area contributed by atoms with Crippen LogP contribution in [0.25, 0.3) is 0 Å². The molecule has 4 heteroatoms. The van der Waals surface area contributed by atoms with Gasteiger partial charge in [0.05, 0.1) is 17.9 Å². The van der Waals surface area contributed by atoms with Gasteiger partial charge < -0.3 is 10.6 Å². The summed E-state index contributed by atoms with van der Waals surface area (Å²) in [7, 11) is 0. The number of amides is 1. The minimum Gasteiger partial charge on any atom is -0.341 e. The van der Waals surface area contributed by atoms with Crippen molar-refractivity contribution in [3.05, 3.63) is 0 Å². The van der Waals surface area contributed by atoms with E-state index in [0.29, 0.717) is 32.0 Å². The maximum atomic E-state index is 12.6. The minimum atomic E-state index is -0.454. The van der Waals surface area contributed by atoms with E-state index < -0.39 is 5.41 Å². The monoisotopic (exact) mass is 253 g/mol. The Bertz CT molecular complexity index is 282. The van der Waals surface area contributed by atoms with E-state index in [9.17, 15) is 4.79 Å². The third kappa shape index (κ3) is 4.30. The van der Waals surface area contributed by atoms with E-state index >= 15 is 0 Å². The number of carbonyl (C=O) groups is 1. The molecule has 0 aliphatic carbocycles. The molecule has 0 radical (unpaired) electrons. The molecule has 18 heavy (non-hydrogen) atoms. The minimum absolute atomic E-state index is 0.110. The van der Waals surface area contributed by atoms with Crippen LogP contribution in [0.3, 0.4) is 0 Å². The molecule has 0 saturated heterocycles. The molecule has 104 valence electrons. The molecule has 0 fully saturated rings. The molecule has 4 nitrogen and oxygen atoms in total. The summed E-state index contributed by atoms with van der Waals surface area (Å²) < 4.78 is 0. The standard InChI is InChI=1S/C14H27N3O/c1-5-14(6-2,11-16)13(18)17(9-7-8-15)10-12(3)4/h12H,5-7,9-11,16H2,1-4H3. The number of hydrogen-bond acceptors (Lipinski definition) is 3. The average Bonchev–Trinajstić information content (AvgIpc) is 2.36. The molecule has 2 N–H and O–H groups in total. The Hall–Kier alpha value is -1.08. The summed E-state index contributed by atoms with van der Waals surface area (Å²) in [6, 6.07) is 2.11. The smallest absolute Gasteiger partial charge is 0.230 e. The van der Waals surface area contributed by atoms with Crippen LogP contribution in [-0.2, 0) is 4.79 Å². The van der Waals surface area contributed by atoms with Crippen LogP contribution in [0.4, 0.5) is 0 Å². The second-order valence-corrected chi connectivity index (χ2v) is 5.24. The maximum absolute atomic E-state index is 12.6. The van der Waals surface area contributed by atoms with Gasteiger partial charge in [0.15, 0.2) is 0 Å². The molecule has 0 aromatic heterocycles. The van der Waals surface area contributed by atoms with Crippen molar-refractivity contribution in [2.75, 3.05) is 19.6 Å². The van der Waals surface area contributed by atoms with Crippen LogP contribution >= 0.6 is 0 Å². The third-order valence-corrected chi connectivity index (χ3v) is 3.56. The Labute approximate surface area is 111 Å². The van der Waals surface area contributed by atoms with E-state index in [-0.39, 0.29) is 5.91 Å². The van der Waals surface area contributed by atoms with Crippen molar-refractivity contribution in [2.24, 2.45) is 17.1 Å².